The monoisotopic (exact) mass is 778 g/mol. The van der Waals surface area contributed by atoms with Gasteiger partial charge in [0, 0.05) is 11.1 Å². The number of aliphatic hydroxyl groups is 2. The van der Waals surface area contributed by atoms with Crippen LogP contribution < -0.4 is 9.47 Å². The van der Waals surface area contributed by atoms with Crippen LogP contribution in [0.2, 0.25) is 0 Å². The van der Waals surface area contributed by atoms with Gasteiger partial charge < -0.3 is 38.6 Å². The molecule has 5 rings (SSSR count). The van der Waals surface area contributed by atoms with Crippen LogP contribution in [0.1, 0.15) is 58.4 Å². The quantitative estimate of drug-likeness (QED) is 0.0483. The number of aryl methyl sites for hydroxylation is 4. The first-order valence-corrected chi connectivity index (χ1v) is 19.1. The van der Waals surface area contributed by atoms with Gasteiger partial charge >= 0.3 is 11.9 Å². The van der Waals surface area contributed by atoms with Gasteiger partial charge in [0.25, 0.3) is 0 Å². The molecule has 4 aromatic carbocycles. The van der Waals surface area contributed by atoms with Crippen molar-refractivity contribution in [1.29, 1.82) is 0 Å². The van der Waals surface area contributed by atoms with E-state index < -0.39 is 29.6 Å². The van der Waals surface area contributed by atoms with Crippen LogP contribution in [0.5, 0.6) is 11.5 Å². The molecule has 2 unspecified atom stereocenters. The summed E-state index contributed by atoms with van der Waals surface area (Å²) in [6.07, 6.45) is -1.91. The van der Waals surface area contributed by atoms with Crippen molar-refractivity contribution >= 4 is 11.9 Å². The van der Waals surface area contributed by atoms with E-state index in [2.05, 4.69) is 114 Å². The highest BCUT2D eigenvalue weighted by molar-refractivity contribution is 5.88. The normalized spacial score (nSPS) is 13.5. The summed E-state index contributed by atoms with van der Waals surface area (Å²) in [5.41, 5.74) is 10.8. The van der Waals surface area contributed by atoms with Gasteiger partial charge in [0.05, 0.1) is 31.8 Å². The molecule has 0 fully saturated rings. The molecule has 2 atom stereocenters. The van der Waals surface area contributed by atoms with Crippen LogP contribution in [-0.4, -0.2) is 87.2 Å². The van der Waals surface area contributed by atoms with E-state index >= 15 is 0 Å². The molecule has 57 heavy (non-hydrogen) atoms. The van der Waals surface area contributed by atoms with E-state index in [1.54, 1.807) is 13.8 Å². The van der Waals surface area contributed by atoms with E-state index in [4.69, 9.17) is 28.4 Å². The number of rotatable bonds is 20. The Kier molecular flexibility index (Phi) is 14.5. The third kappa shape index (κ3) is 9.83. The van der Waals surface area contributed by atoms with Crippen molar-refractivity contribution in [2.75, 3.05) is 52.9 Å². The van der Waals surface area contributed by atoms with E-state index in [1.165, 1.54) is 22.3 Å². The molecule has 0 aliphatic heterocycles. The summed E-state index contributed by atoms with van der Waals surface area (Å²) >= 11 is 0. The van der Waals surface area contributed by atoms with Crippen molar-refractivity contribution in [2.45, 2.75) is 59.2 Å². The largest absolute Gasteiger partial charge is 0.491 e. The van der Waals surface area contributed by atoms with Crippen molar-refractivity contribution in [2.24, 2.45) is 0 Å². The van der Waals surface area contributed by atoms with Crippen LogP contribution in [0.15, 0.2) is 97.1 Å². The Labute approximate surface area is 335 Å². The third-order valence-electron chi connectivity index (χ3n) is 9.82. The number of hydrogen-bond donors (Lipinski definition) is 2. The fourth-order valence-electron chi connectivity index (χ4n) is 7.34. The molecule has 302 valence electrons. The lowest BCUT2D eigenvalue weighted by atomic mass is 9.66. The highest BCUT2D eigenvalue weighted by Crippen LogP contribution is 2.57. The van der Waals surface area contributed by atoms with E-state index in [-0.39, 0.29) is 64.0 Å². The molecule has 1 aliphatic rings. The molecule has 10 nitrogen and oxygen atoms in total. The Morgan fingerprint density at radius 2 is 0.930 bits per heavy atom. The lowest BCUT2D eigenvalue weighted by Crippen LogP contribution is -2.29. The molecule has 2 N–H and O–H groups in total. The van der Waals surface area contributed by atoms with E-state index in [0.29, 0.717) is 0 Å². The predicted molar refractivity (Wildman–Crippen MR) is 219 cm³/mol. The van der Waals surface area contributed by atoms with Gasteiger partial charge in [0.1, 0.15) is 50.1 Å². The van der Waals surface area contributed by atoms with Gasteiger partial charge in [-0.3, -0.25) is 0 Å². The van der Waals surface area contributed by atoms with E-state index in [0.717, 1.165) is 44.9 Å². The Hall–Kier alpha value is -5.26. The minimum Gasteiger partial charge on any atom is -0.491 e. The number of benzene rings is 4. The van der Waals surface area contributed by atoms with Crippen molar-refractivity contribution < 1.29 is 48.2 Å². The van der Waals surface area contributed by atoms with Crippen LogP contribution in [0.25, 0.3) is 11.1 Å². The maximum atomic E-state index is 11.6. The fraction of sp³-hybridized carbons (Fsp3) is 0.362. The number of ether oxygens (including phenoxy) is 6. The summed E-state index contributed by atoms with van der Waals surface area (Å²) in [5, 5.41) is 20.3. The topological polar surface area (TPSA) is 130 Å². The smallest absolute Gasteiger partial charge is 0.333 e. The van der Waals surface area contributed by atoms with Crippen LogP contribution in [0.3, 0.4) is 0 Å². The molecule has 0 saturated carbocycles. The second kappa shape index (κ2) is 19.3. The number of fused-ring (bicyclic) bond motifs is 3. The SMILES string of the molecule is C=C(C)C(=O)OCC(O)COCCOc1c(C)cc(C2(c3cc(C)c(OCCOCC(O)COC(=O)C(=C)C)c(C)c3)c3ccccc3-c3ccccc32)cc1C. The number of carbonyl (C=O) groups is 2. The lowest BCUT2D eigenvalue weighted by Gasteiger charge is -2.35. The molecule has 0 aromatic heterocycles. The van der Waals surface area contributed by atoms with Crippen LogP contribution in [-0.2, 0) is 34.0 Å². The molecule has 0 bridgehead atoms. The lowest BCUT2D eigenvalue weighted by molar-refractivity contribution is -0.143. The van der Waals surface area contributed by atoms with E-state index in [9.17, 15) is 19.8 Å². The van der Waals surface area contributed by atoms with Gasteiger partial charge in [-0.2, -0.15) is 0 Å². The summed E-state index contributed by atoms with van der Waals surface area (Å²) < 4.78 is 33.7. The minimum absolute atomic E-state index is 0.00200. The summed E-state index contributed by atoms with van der Waals surface area (Å²) in [7, 11) is 0. The van der Waals surface area contributed by atoms with Crippen LogP contribution in [0.4, 0.5) is 0 Å². The zero-order valence-electron chi connectivity index (χ0n) is 33.8. The highest BCUT2D eigenvalue weighted by atomic mass is 16.6. The number of esters is 2. The number of hydrogen-bond acceptors (Lipinski definition) is 10. The summed E-state index contributed by atoms with van der Waals surface area (Å²) in [6.45, 7) is 19.1. The molecule has 4 aromatic rings. The molecule has 0 saturated heterocycles. The Balaban J connectivity index is 1.36. The van der Waals surface area contributed by atoms with Gasteiger partial charge in [0.2, 0.25) is 0 Å². The number of carbonyl (C=O) groups excluding carboxylic acids is 2. The average molecular weight is 779 g/mol. The van der Waals surface area contributed by atoms with Crippen LogP contribution in [0, 0.1) is 27.7 Å². The van der Waals surface area contributed by atoms with Crippen molar-refractivity contribution in [3.05, 3.63) is 142 Å². The van der Waals surface area contributed by atoms with Gasteiger partial charge in [-0.1, -0.05) is 86.0 Å². The second-order valence-electron chi connectivity index (χ2n) is 14.6. The summed E-state index contributed by atoms with van der Waals surface area (Å²) in [5.74, 6) is 0.437. The fourth-order valence-corrected chi connectivity index (χ4v) is 7.34. The van der Waals surface area contributed by atoms with Gasteiger partial charge in [0.15, 0.2) is 0 Å². The first-order valence-electron chi connectivity index (χ1n) is 19.1. The number of aliphatic hydroxyl groups excluding tert-OH is 2. The first kappa shape index (κ1) is 42.9. The average Bonchev–Trinajstić information content (AvgIpc) is 3.48. The summed E-state index contributed by atoms with van der Waals surface area (Å²) in [6, 6.07) is 26.0. The second-order valence-corrected chi connectivity index (χ2v) is 14.6. The molecule has 0 amide bonds. The van der Waals surface area contributed by atoms with Crippen molar-refractivity contribution in [3.63, 3.8) is 0 Å². The Morgan fingerprint density at radius 1 is 0.579 bits per heavy atom. The van der Waals surface area contributed by atoms with Gasteiger partial charge in [-0.05, 0) is 97.2 Å². The molecule has 10 heteroatoms. The van der Waals surface area contributed by atoms with Crippen LogP contribution >= 0.6 is 0 Å². The Morgan fingerprint density at radius 3 is 1.28 bits per heavy atom. The molecule has 0 radical (unpaired) electrons. The Bertz CT molecular complexity index is 1900. The predicted octanol–water partition coefficient (Wildman–Crippen LogP) is 7.03. The standard InChI is InChI=1S/C47H54O10/c1-29(2)45(50)56-27-37(48)25-52-17-19-54-43-31(5)21-35(22-32(43)6)47(41-15-11-9-13-39(41)40-14-10-12-16-42(40)47)36-23-33(7)44(34(8)24-36)55-20-18-53-26-38(49)28-57-46(51)30(3)4/h9-16,21-24,37-38,48-49H,1,3,17-20,25-28H2,2,4-8H3. The van der Waals surface area contributed by atoms with Crippen molar-refractivity contribution in [1.82, 2.24) is 0 Å². The maximum absolute atomic E-state index is 11.6. The van der Waals surface area contributed by atoms with Gasteiger partial charge in [-0.15, -0.1) is 0 Å². The van der Waals surface area contributed by atoms with Crippen molar-refractivity contribution in [3.8, 4) is 22.6 Å². The molecular formula is C47H54O10. The molecule has 0 heterocycles. The summed E-state index contributed by atoms with van der Waals surface area (Å²) in [4.78, 5) is 23.2. The minimum atomic E-state index is -0.955. The molecule has 1 aliphatic carbocycles. The molecular weight excluding hydrogens is 725 g/mol. The van der Waals surface area contributed by atoms with E-state index in [1.807, 2.05) is 0 Å². The maximum Gasteiger partial charge on any atom is 0.333 e. The van der Waals surface area contributed by atoms with Gasteiger partial charge in [-0.25, -0.2) is 9.59 Å². The first-order chi connectivity index (χ1) is 27.2. The zero-order valence-corrected chi connectivity index (χ0v) is 33.8. The third-order valence-corrected chi connectivity index (χ3v) is 9.82. The zero-order chi connectivity index (χ0) is 41.3. The highest BCUT2D eigenvalue weighted by Gasteiger charge is 2.46. The molecule has 0 spiro atoms.